The molecule has 1 heterocycles. The Kier molecular flexibility index (Phi) is 4.46. The highest BCUT2D eigenvalue weighted by molar-refractivity contribution is 7.89. The van der Waals surface area contributed by atoms with Crippen molar-refractivity contribution in [2.75, 3.05) is 19.4 Å². The lowest BCUT2D eigenvalue weighted by Crippen LogP contribution is -2.21. The van der Waals surface area contributed by atoms with Crippen LogP contribution in [0.2, 0.25) is 0 Å². The molecule has 1 aromatic heterocycles. The summed E-state index contributed by atoms with van der Waals surface area (Å²) in [6, 6.07) is 8.79. The number of nitrogens with zero attached hydrogens (tertiary/aromatic N) is 1. The summed E-state index contributed by atoms with van der Waals surface area (Å²) >= 11 is 1.11. The Morgan fingerprint density at radius 2 is 1.81 bits per heavy atom. The average Bonchev–Trinajstić information content (AvgIpc) is 2.91. The molecule has 0 aliphatic carbocycles. The Labute approximate surface area is 128 Å². The van der Waals surface area contributed by atoms with Crippen molar-refractivity contribution in [2.45, 2.75) is 11.8 Å². The SMILES string of the molecule is Cc1ccc(NC(=O)c2cc(S(=O)(=O)N(C)C)cs2)cc1. The molecule has 0 radical (unpaired) electrons. The molecule has 0 aliphatic heterocycles. The third-order valence-electron chi connectivity index (χ3n) is 2.89. The Balaban J connectivity index is 2.18. The number of thiophene rings is 1. The van der Waals surface area contributed by atoms with Crippen molar-refractivity contribution in [3.8, 4) is 0 Å². The third kappa shape index (κ3) is 3.49. The number of anilines is 1. The van der Waals surface area contributed by atoms with Crippen LogP contribution < -0.4 is 5.32 Å². The lowest BCUT2D eigenvalue weighted by atomic mass is 10.2. The number of benzene rings is 1. The van der Waals surface area contributed by atoms with Gasteiger partial charge in [0.15, 0.2) is 0 Å². The number of sulfonamides is 1. The smallest absolute Gasteiger partial charge is 0.265 e. The highest BCUT2D eigenvalue weighted by Crippen LogP contribution is 2.22. The van der Waals surface area contributed by atoms with E-state index < -0.39 is 10.0 Å². The molecule has 7 heteroatoms. The van der Waals surface area contributed by atoms with Crippen molar-refractivity contribution in [1.82, 2.24) is 4.31 Å². The van der Waals surface area contributed by atoms with Gasteiger partial charge in [-0.3, -0.25) is 4.79 Å². The second-order valence-electron chi connectivity index (χ2n) is 4.75. The van der Waals surface area contributed by atoms with Gasteiger partial charge in [-0.05, 0) is 25.1 Å². The van der Waals surface area contributed by atoms with Gasteiger partial charge in [-0.1, -0.05) is 17.7 Å². The minimum Gasteiger partial charge on any atom is -0.321 e. The van der Waals surface area contributed by atoms with Crippen LogP contribution in [-0.4, -0.2) is 32.7 Å². The standard InChI is InChI=1S/C14H16N2O3S2/c1-10-4-6-11(7-5-10)15-14(17)13-8-12(9-20-13)21(18,19)16(2)3/h4-9H,1-3H3,(H,15,17). The molecule has 1 N–H and O–H groups in total. The second-order valence-corrected chi connectivity index (χ2v) is 7.82. The highest BCUT2D eigenvalue weighted by atomic mass is 32.2. The van der Waals surface area contributed by atoms with Gasteiger partial charge < -0.3 is 5.32 Å². The molecule has 0 saturated heterocycles. The van der Waals surface area contributed by atoms with Crippen LogP contribution in [0.25, 0.3) is 0 Å². The molecule has 21 heavy (non-hydrogen) atoms. The van der Waals surface area contributed by atoms with Gasteiger partial charge in [0.25, 0.3) is 5.91 Å². The third-order valence-corrected chi connectivity index (χ3v) is 5.76. The van der Waals surface area contributed by atoms with Crippen LogP contribution in [0.5, 0.6) is 0 Å². The maximum atomic E-state index is 12.1. The summed E-state index contributed by atoms with van der Waals surface area (Å²) in [5.41, 5.74) is 1.78. The number of rotatable bonds is 4. The van der Waals surface area contributed by atoms with E-state index in [0.717, 1.165) is 21.2 Å². The number of aryl methyl sites for hydroxylation is 1. The zero-order valence-corrected chi connectivity index (χ0v) is 13.6. The molecule has 1 amide bonds. The molecule has 1 aromatic carbocycles. The van der Waals surface area contributed by atoms with Crippen LogP contribution in [0.4, 0.5) is 5.69 Å². The Morgan fingerprint density at radius 3 is 2.38 bits per heavy atom. The van der Waals surface area contributed by atoms with E-state index in [9.17, 15) is 13.2 Å². The molecule has 2 aromatic rings. The minimum atomic E-state index is -3.50. The first kappa shape index (κ1) is 15.7. The van der Waals surface area contributed by atoms with E-state index >= 15 is 0 Å². The first-order chi connectivity index (χ1) is 9.80. The maximum Gasteiger partial charge on any atom is 0.265 e. The van der Waals surface area contributed by atoms with Crippen LogP contribution >= 0.6 is 11.3 Å². The van der Waals surface area contributed by atoms with Gasteiger partial charge in [-0.15, -0.1) is 11.3 Å². The van der Waals surface area contributed by atoms with Crippen LogP contribution in [0.15, 0.2) is 40.6 Å². The summed E-state index contributed by atoms with van der Waals surface area (Å²) in [4.78, 5) is 12.6. The fourth-order valence-electron chi connectivity index (χ4n) is 1.61. The molecule has 2 rings (SSSR count). The molecule has 5 nitrogen and oxygen atoms in total. The highest BCUT2D eigenvalue weighted by Gasteiger charge is 2.20. The number of hydrogen-bond donors (Lipinski definition) is 1. The lowest BCUT2D eigenvalue weighted by Gasteiger charge is -2.08. The monoisotopic (exact) mass is 324 g/mol. The summed E-state index contributed by atoms with van der Waals surface area (Å²) in [5, 5.41) is 4.21. The number of nitrogens with one attached hydrogen (secondary N) is 1. The number of carbonyl (C=O) groups is 1. The van der Waals surface area contributed by atoms with Crippen LogP contribution in [-0.2, 0) is 10.0 Å². The molecule has 0 aliphatic rings. The van der Waals surface area contributed by atoms with E-state index in [1.54, 1.807) is 12.1 Å². The van der Waals surface area contributed by atoms with Gasteiger partial charge in [0, 0.05) is 25.2 Å². The number of hydrogen-bond acceptors (Lipinski definition) is 4. The largest absolute Gasteiger partial charge is 0.321 e. The van der Waals surface area contributed by atoms with Crippen molar-refractivity contribution >= 4 is 33.0 Å². The van der Waals surface area contributed by atoms with Gasteiger partial charge in [-0.2, -0.15) is 0 Å². The fourth-order valence-corrected chi connectivity index (χ4v) is 3.67. The summed E-state index contributed by atoms with van der Waals surface area (Å²) in [6.45, 7) is 1.96. The Bertz CT molecular complexity index is 747. The zero-order valence-electron chi connectivity index (χ0n) is 12.0. The second kappa shape index (κ2) is 5.97. The summed E-state index contributed by atoms with van der Waals surface area (Å²) < 4.78 is 25.1. The Morgan fingerprint density at radius 1 is 1.19 bits per heavy atom. The molecular formula is C14H16N2O3S2. The van der Waals surface area contributed by atoms with E-state index in [0.29, 0.717) is 10.6 Å². The molecule has 0 fully saturated rings. The molecule has 0 bridgehead atoms. The van der Waals surface area contributed by atoms with E-state index in [2.05, 4.69) is 5.32 Å². The molecule has 112 valence electrons. The number of amides is 1. The first-order valence-corrected chi connectivity index (χ1v) is 8.52. The van der Waals surface area contributed by atoms with Crippen LogP contribution in [0.1, 0.15) is 15.2 Å². The predicted molar refractivity (Wildman–Crippen MR) is 84.3 cm³/mol. The van der Waals surface area contributed by atoms with E-state index in [-0.39, 0.29) is 10.8 Å². The molecule has 0 saturated carbocycles. The van der Waals surface area contributed by atoms with Crippen LogP contribution in [0, 0.1) is 6.92 Å². The Hall–Kier alpha value is -1.70. The van der Waals surface area contributed by atoms with Gasteiger partial charge in [0.1, 0.15) is 0 Å². The first-order valence-electron chi connectivity index (χ1n) is 6.20. The molecule has 0 spiro atoms. The van der Waals surface area contributed by atoms with Gasteiger partial charge in [0.2, 0.25) is 10.0 Å². The summed E-state index contributed by atoms with van der Waals surface area (Å²) in [5.74, 6) is -0.316. The fraction of sp³-hybridized carbons (Fsp3) is 0.214. The van der Waals surface area contributed by atoms with Gasteiger partial charge >= 0.3 is 0 Å². The summed E-state index contributed by atoms with van der Waals surface area (Å²) in [6.07, 6.45) is 0. The summed E-state index contributed by atoms with van der Waals surface area (Å²) in [7, 11) is -0.590. The lowest BCUT2D eigenvalue weighted by molar-refractivity contribution is 0.103. The van der Waals surface area contributed by atoms with Gasteiger partial charge in [0.05, 0.1) is 9.77 Å². The quantitative estimate of drug-likeness (QED) is 0.940. The normalized spacial score (nSPS) is 11.6. The van der Waals surface area contributed by atoms with E-state index in [4.69, 9.17) is 0 Å². The van der Waals surface area contributed by atoms with Crippen LogP contribution in [0.3, 0.4) is 0 Å². The van der Waals surface area contributed by atoms with Crippen molar-refractivity contribution in [1.29, 1.82) is 0 Å². The van der Waals surface area contributed by atoms with Crippen molar-refractivity contribution in [2.24, 2.45) is 0 Å². The van der Waals surface area contributed by atoms with E-state index in [1.165, 1.54) is 25.5 Å². The van der Waals surface area contributed by atoms with Gasteiger partial charge in [-0.25, -0.2) is 12.7 Å². The molecule has 0 unspecified atom stereocenters. The molecular weight excluding hydrogens is 308 g/mol. The zero-order chi connectivity index (χ0) is 15.6. The van der Waals surface area contributed by atoms with Crippen molar-refractivity contribution in [3.05, 3.63) is 46.2 Å². The predicted octanol–water partition coefficient (Wildman–Crippen LogP) is 2.56. The average molecular weight is 324 g/mol. The maximum absolute atomic E-state index is 12.1. The molecule has 0 atom stereocenters. The topological polar surface area (TPSA) is 66.5 Å². The number of carbonyl (C=O) groups excluding carboxylic acids is 1. The van der Waals surface area contributed by atoms with Crippen molar-refractivity contribution in [3.63, 3.8) is 0 Å². The van der Waals surface area contributed by atoms with Crippen molar-refractivity contribution < 1.29 is 13.2 Å². The van der Waals surface area contributed by atoms with E-state index in [1.807, 2.05) is 19.1 Å². The minimum absolute atomic E-state index is 0.131.